The first-order valence-electron chi connectivity index (χ1n) is 6.08. The molecule has 0 bridgehead atoms. The van der Waals surface area contributed by atoms with E-state index in [1.54, 1.807) is 0 Å². The Bertz CT molecular complexity index is 458. The number of nitrogens with two attached hydrogens (primary N) is 1. The summed E-state index contributed by atoms with van der Waals surface area (Å²) in [5, 5.41) is 11.5. The van der Waals surface area contributed by atoms with Crippen molar-refractivity contribution in [3.63, 3.8) is 0 Å². The van der Waals surface area contributed by atoms with Crippen LogP contribution in [0.2, 0.25) is 0 Å². The van der Waals surface area contributed by atoms with Crippen molar-refractivity contribution >= 4 is 23.0 Å². The SMILES string of the molecule is Cc1nnc(NCC2CCCO2)c(C(N)=S)c1C. The minimum Gasteiger partial charge on any atom is -0.389 e. The molecule has 1 aliphatic heterocycles. The van der Waals surface area contributed by atoms with Gasteiger partial charge in [-0.25, -0.2) is 0 Å². The van der Waals surface area contributed by atoms with Gasteiger partial charge in [0.15, 0.2) is 5.82 Å². The van der Waals surface area contributed by atoms with Crippen LogP contribution < -0.4 is 11.1 Å². The fourth-order valence-electron chi connectivity index (χ4n) is 2.05. The van der Waals surface area contributed by atoms with Crippen LogP contribution in [-0.4, -0.2) is 34.4 Å². The second kappa shape index (κ2) is 5.58. The van der Waals surface area contributed by atoms with E-state index in [0.717, 1.165) is 36.3 Å². The molecular formula is C12H18N4OS. The lowest BCUT2D eigenvalue weighted by molar-refractivity contribution is 0.120. The standard InChI is InChI=1S/C12H18N4OS/c1-7-8(2)15-16-12(10(7)11(13)18)14-6-9-4-3-5-17-9/h9H,3-6H2,1-2H3,(H2,13,18)(H,14,16). The highest BCUT2D eigenvalue weighted by molar-refractivity contribution is 7.80. The molecule has 1 aliphatic rings. The van der Waals surface area contributed by atoms with Gasteiger partial charge in [0.05, 0.1) is 17.4 Å². The molecule has 0 radical (unpaired) electrons. The molecule has 2 rings (SSSR count). The molecule has 18 heavy (non-hydrogen) atoms. The Hall–Kier alpha value is -1.27. The number of nitrogens with zero attached hydrogens (tertiary/aromatic N) is 2. The molecule has 98 valence electrons. The summed E-state index contributed by atoms with van der Waals surface area (Å²) >= 11 is 5.08. The minimum absolute atomic E-state index is 0.243. The van der Waals surface area contributed by atoms with Gasteiger partial charge in [-0.15, -0.1) is 5.10 Å². The monoisotopic (exact) mass is 266 g/mol. The van der Waals surface area contributed by atoms with Crippen LogP contribution in [0.15, 0.2) is 0 Å². The van der Waals surface area contributed by atoms with E-state index in [2.05, 4.69) is 15.5 Å². The van der Waals surface area contributed by atoms with Gasteiger partial charge in [0.2, 0.25) is 0 Å². The molecule has 1 aromatic heterocycles. The van der Waals surface area contributed by atoms with Crippen molar-refractivity contribution in [1.82, 2.24) is 10.2 Å². The van der Waals surface area contributed by atoms with E-state index in [1.165, 1.54) is 0 Å². The van der Waals surface area contributed by atoms with Crippen molar-refractivity contribution in [2.75, 3.05) is 18.5 Å². The summed E-state index contributed by atoms with van der Waals surface area (Å²) < 4.78 is 5.55. The highest BCUT2D eigenvalue weighted by Crippen LogP contribution is 2.19. The summed E-state index contributed by atoms with van der Waals surface area (Å²) in [4.78, 5) is 0.348. The van der Waals surface area contributed by atoms with E-state index >= 15 is 0 Å². The Morgan fingerprint density at radius 1 is 1.50 bits per heavy atom. The van der Waals surface area contributed by atoms with E-state index < -0.39 is 0 Å². The Labute approximate surface area is 112 Å². The van der Waals surface area contributed by atoms with Crippen LogP contribution >= 0.6 is 12.2 Å². The molecule has 0 spiro atoms. The van der Waals surface area contributed by atoms with E-state index in [-0.39, 0.29) is 6.10 Å². The van der Waals surface area contributed by atoms with Crippen molar-refractivity contribution in [1.29, 1.82) is 0 Å². The van der Waals surface area contributed by atoms with Crippen LogP contribution in [0.5, 0.6) is 0 Å². The molecule has 3 N–H and O–H groups in total. The van der Waals surface area contributed by atoms with Gasteiger partial charge in [-0.3, -0.25) is 0 Å². The predicted octanol–water partition coefficient (Wildman–Crippen LogP) is 1.32. The Morgan fingerprint density at radius 3 is 2.89 bits per heavy atom. The first-order chi connectivity index (χ1) is 8.59. The topological polar surface area (TPSA) is 73.1 Å². The number of nitrogens with one attached hydrogen (secondary N) is 1. The van der Waals surface area contributed by atoms with Crippen LogP contribution in [0.3, 0.4) is 0 Å². The molecule has 0 aromatic carbocycles. The lowest BCUT2D eigenvalue weighted by Gasteiger charge is -2.15. The van der Waals surface area contributed by atoms with Crippen LogP contribution in [0.4, 0.5) is 5.82 Å². The number of anilines is 1. The number of hydrogen-bond acceptors (Lipinski definition) is 5. The van der Waals surface area contributed by atoms with Gasteiger partial charge in [-0.05, 0) is 32.3 Å². The molecule has 1 fully saturated rings. The van der Waals surface area contributed by atoms with Crippen molar-refractivity contribution in [2.45, 2.75) is 32.8 Å². The van der Waals surface area contributed by atoms with Gasteiger partial charge >= 0.3 is 0 Å². The largest absolute Gasteiger partial charge is 0.389 e. The van der Waals surface area contributed by atoms with Gasteiger partial charge in [-0.2, -0.15) is 5.10 Å². The Balaban J connectivity index is 2.16. The number of aryl methyl sites for hydroxylation is 1. The maximum atomic E-state index is 5.76. The fourth-order valence-corrected chi connectivity index (χ4v) is 2.30. The van der Waals surface area contributed by atoms with Gasteiger partial charge < -0.3 is 15.8 Å². The van der Waals surface area contributed by atoms with Gasteiger partial charge in [-0.1, -0.05) is 12.2 Å². The molecule has 5 nitrogen and oxygen atoms in total. The third kappa shape index (κ3) is 2.76. The summed E-state index contributed by atoms with van der Waals surface area (Å²) in [5.74, 6) is 0.654. The maximum absolute atomic E-state index is 5.76. The van der Waals surface area contributed by atoms with Crippen molar-refractivity contribution < 1.29 is 4.74 Å². The zero-order valence-corrected chi connectivity index (χ0v) is 11.5. The van der Waals surface area contributed by atoms with Crippen LogP contribution in [0.1, 0.15) is 29.7 Å². The summed E-state index contributed by atoms with van der Waals surface area (Å²) in [6.07, 6.45) is 2.44. The third-order valence-electron chi connectivity index (χ3n) is 3.22. The number of rotatable bonds is 4. The van der Waals surface area contributed by atoms with Crippen LogP contribution in [0.25, 0.3) is 0 Å². The fraction of sp³-hybridized carbons (Fsp3) is 0.583. The van der Waals surface area contributed by atoms with Crippen molar-refractivity contribution in [3.05, 3.63) is 16.8 Å². The van der Waals surface area contributed by atoms with Crippen LogP contribution in [-0.2, 0) is 4.74 Å². The number of aromatic nitrogens is 2. The minimum atomic E-state index is 0.243. The summed E-state index contributed by atoms with van der Waals surface area (Å²) in [6, 6.07) is 0. The second-order valence-corrected chi connectivity index (χ2v) is 4.95. The second-order valence-electron chi connectivity index (χ2n) is 4.51. The number of thiocarbonyl (C=S) groups is 1. The average molecular weight is 266 g/mol. The molecular weight excluding hydrogens is 248 g/mol. The van der Waals surface area contributed by atoms with Gasteiger partial charge in [0.1, 0.15) is 4.99 Å². The van der Waals surface area contributed by atoms with Crippen LogP contribution in [0, 0.1) is 13.8 Å². The molecule has 0 amide bonds. The lowest BCUT2D eigenvalue weighted by atomic mass is 10.1. The Morgan fingerprint density at radius 2 is 2.28 bits per heavy atom. The van der Waals surface area contributed by atoms with E-state index in [0.29, 0.717) is 17.4 Å². The Kier molecular flexibility index (Phi) is 4.08. The first kappa shape index (κ1) is 13.2. The maximum Gasteiger partial charge on any atom is 0.159 e. The third-order valence-corrected chi connectivity index (χ3v) is 3.43. The quantitative estimate of drug-likeness (QED) is 0.801. The van der Waals surface area contributed by atoms with E-state index in [1.807, 2.05) is 13.8 Å². The lowest BCUT2D eigenvalue weighted by Crippen LogP contribution is -2.23. The first-order valence-corrected chi connectivity index (χ1v) is 6.49. The molecule has 6 heteroatoms. The van der Waals surface area contributed by atoms with Gasteiger partial charge in [0, 0.05) is 13.2 Å². The summed E-state index contributed by atoms with van der Waals surface area (Å²) in [7, 11) is 0. The molecule has 0 aliphatic carbocycles. The summed E-state index contributed by atoms with van der Waals surface area (Å²) in [6.45, 7) is 5.41. The van der Waals surface area contributed by atoms with E-state index in [4.69, 9.17) is 22.7 Å². The molecule has 0 saturated carbocycles. The van der Waals surface area contributed by atoms with E-state index in [9.17, 15) is 0 Å². The summed E-state index contributed by atoms with van der Waals surface area (Å²) in [5.41, 5.74) is 8.37. The predicted molar refractivity (Wildman–Crippen MR) is 74.9 cm³/mol. The highest BCUT2D eigenvalue weighted by atomic mass is 32.1. The van der Waals surface area contributed by atoms with Crippen molar-refractivity contribution in [3.8, 4) is 0 Å². The smallest absolute Gasteiger partial charge is 0.159 e. The molecule has 1 aromatic rings. The number of hydrogen-bond donors (Lipinski definition) is 2. The number of ether oxygens (including phenoxy) is 1. The average Bonchev–Trinajstić information content (AvgIpc) is 2.83. The molecule has 1 atom stereocenters. The van der Waals surface area contributed by atoms with Crippen molar-refractivity contribution in [2.24, 2.45) is 5.73 Å². The molecule has 1 unspecified atom stereocenters. The zero-order valence-electron chi connectivity index (χ0n) is 10.7. The molecule has 1 saturated heterocycles. The highest BCUT2D eigenvalue weighted by Gasteiger charge is 2.18. The van der Waals surface area contributed by atoms with Gasteiger partial charge in [0.25, 0.3) is 0 Å². The zero-order chi connectivity index (χ0) is 13.1. The normalized spacial score (nSPS) is 18.9. The molecule has 2 heterocycles.